The van der Waals surface area contributed by atoms with Gasteiger partial charge in [0.1, 0.15) is 17.7 Å². The molecule has 5 nitrogen and oxygen atoms in total. The first kappa shape index (κ1) is 16.9. The average Bonchev–Trinajstić information content (AvgIpc) is 3.17. The second-order valence-electron chi connectivity index (χ2n) is 7.23. The molecule has 0 bridgehead atoms. The van der Waals surface area contributed by atoms with Crippen molar-refractivity contribution in [3.8, 4) is 0 Å². The predicted octanol–water partition coefficient (Wildman–Crippen LogP) is 2.17. The third-order valence-electron chi connectivity index (χ3n) is 5.83. The number of carbonyl (C=O) groups is 2. The highest BCUT2D eigenvalue weighted by Gasteiger charge is 2.57. The summed E-state index contributed by atoms with van der Waals surface area (Å²) in [6.45, 7) is 2.00. The number of rotatable bonds is 5. The van der Waals surface area contributed by atoms with Gasteiger partial charge in [-0.3, -0.25) is 9.59 Å². The van der Waals surface area contributed by atoms with Crippen LogP contribution in [0.4, 0.5) is 0 Å². The fourth-order valence-electron chi connectivity index (χ4n) is 4.55. The van der Waals surface area contributed by atoms with Crippen LogP contribution >= 0.6 is 0 Å². The Bertz CT molecular complexity index is 628. The SMILES string of the molecule is O=CC=C[C@@]12C=CC[C@@H]1C1C(=O)CC=C(COC3CCOCC3)C1O2. The van der Waals surface area contributed by atoms with E-state index in [4.69, 9.17) is 14.2 Å². The minimum Gasteiger partial charge on any atom is -0.381 e. The first-order valence-corrected chi connectivity index (χ1v) is 9.13. The van der Waals surface area contributed by atoms with Gasteiger partial charge < -0.3 is 14.2 Å². The van der Waals surface area contributed by atoms with Crippen LogP contribution in [0.15, 0.2) is 36.0 Å². The maximum Gasteiger partial charge on any atom is 0.143 e. The maximum absolute atomic E-state index is 12.6. The predicted molar refractivity (Wildman–Crippen MR) is 91.0 cm³/mol. The summed E-state index contributed by atoms with van der Waals surface area (Å²) in [5, 5.41) is 0. The van der Waals surface area contributed by atoms with Crippen molar-refractivity contribution in [2.75, 3.05) is 19.8 Å². The minimum atomic E-state index is -0.631. The first-order chi connectivity index (χ1) is 12.2. The quantitative estimate of drug-likeness (QED) is 0.434. The molecule has 0 amide bonds. The molecule has 25 heavy (non-hydrogen) atoms. The molecule has 0 spiro atoms. The Morgan fingerprint density at radius 1 is 1.32 bits per heavy atom. The van der Waals surface area contributed by atoms with Crippen molar-refractivity contribution in [1.29, 1.82) is 0 Å². The van der Waals surface area contributed by atoms with Crippen molar-refractivity contribution in [2.45, 2.75) is 43.5 Å². The van der Waals surface area contributed by atoms with Gasteiger partial charge in [-0.05, 0) is 37.0 Å². The highest BCUT2D eigenvalue weighted by molar-refractivity contribution is 5.86. The van der Waals surface area contributed by atoms with Gasteiger partial charge in [-0.2, -0.15) is 0 Å². The number of aldehydes is 1. The zero-order valence-corrected chi connectivity index (χ0v) is 14.3. The van der Waals surface area contributed by atoms with E-state index in [1.54, 1.807) is 6.08 Å². The fraction of sp³-hybridized carbons (Fsp3) is 0.600. The number of hydrogen-bond donors (Lipinski definition) is 0. The van der Waals surface area contributed by atoms with Gasteiger partial charge in [0.25, 0.3) is 0 Å². The van der Waals surface area contributed by atoms with Crippen molar-refractivity contribution in [1.82, 2.24) is 0 Å². The molecule has 4 aliphatic rings. The normalized spacial score (nSPS) is 38.0. The topological polar surface area (TPSA) is 61.8 Å². The second kappa shape index (κ2) is 6.98. The van der Waals surface area contributed by atoms with Gasteiger partial charge in [0.15, 0.2) is 0 Å². The molecule has 2 saturated heterocycles. The lowest BCUT2D eigenvalue weighted by Crippen LogP contribution is -2.36. The van der Waals surface area contributed by atoms with Crippen LogP contribution in [-0.2, 0) is 23.8 Å². The van der Waals surface area contributed by atoms with Gasteiger partial charge in [-0.1, -0.05) is 18.2 Å². The van der Waals surface area contributed by atoms with Crippen LogP contribution in [-0.4, -0.2) is 49.7 Å². The van der Waals surface area contributed by atoms with E-state index in [1.807, 2.05) is 12.2 Å². The van der Waals surface area contributed by atoms with Gasteiger partial charge in [-0.25, -0.2) is 0 Å². The molecule has 134 valence electrons. The molecule has 2 unspecified atom stereocenters. The van der Waals surface area contributed by atoms with Crippen molar-refractivity contribution in [3.63, 3.8) is 0 Å². The highest BCUT2D eigenvalue weighted by atomic mass is 16.5. The molecule has 0 aromatic heterocycles. The Balaban J connectivity index is 1.51. The van der Waals surface area contributed by atoms with Crippen molar-refractivity contribution in [2.24, 2.45) is 11.8 Å². The Kier molecular flexibility index (Phi) is 4.71. The summed E-state index contributed by atoms with van der Waals surface area (Å²) < 4.78 is 17.8. The largest absolute Gasteiger partial charge is 0.381 e. The highest BCUT2D eigenvalue weighted by Crippen LogP contribution is 2.52. The molecular weight excluding hydrogens is 320 g/mol. The number of fused-ring (bicyclic) bond motifs is 3. The number of allylic oxidation sites excluding steroid dienone is 3. The van der Waals surface area contributed by atoms with Crippen LogP contribution in [0.3, 0.4) is 0 Å². The van der Waals surface area contributed by atoms with Crippen LogP contribution in [0.5, 0.6) is 0 Å². The standard InChI is InChI=1S/C20H24O5/c21-10-2-9-20-8-1-3-16(20)18-17(22)5-4-14(19(18)25-20)13-24-15-6-11-23-12-7-15/h1-2,4,8-10,15-16,18-19H,3,5-7,11-13H2/t16-,18?,19?,20+/m1/s1. The third-order valence-corrected chi connectivity index (χ3v) is 5.83. The molecule has 2 aliphatic heterocycles. The Morgan fingerprint density at radius 2 is 2.16 bits per heavy atom. The van der Waals surface area contributed by atoms with E-state index in [9.17, 15) is 9.59 Å². The summed E-state index contributed by atoms with van der Waals surface area (Å²) >= 11 is 0. The molecular formula is C20H24O5. The monoisotopic (exact) mass is 344 g/mol. The van der Waals surface area contributed by atoms with E-state index in [1.165, 1.54) is 6.08 Å². The second-order valence-corrected chi connectivity index (χ2v) is 7.23. The van der Waals surface area contributed by atoms with Crippen molar-refractivity contribution >= 4 is 12.1 Å². The molecule has 0 aromatic carbocycles. The lowest BCUT2D eigenvalue weighted by Gasteiger charge is -2.29. The smallest absolute Gasteiger partial charge is 0.143 e. The van der Waals surface area contributed by atoms with Gasteiger partial charge in [-0.15, -0.1) is 0 Å². The zero-order valence-electron chi connectivity index (χ0n) is 14.3. The third kappa shape index (κ3) is 3.05. The average molecular weight is 344 g/mol. The van der Waals surface area contributed by atoms with E-state index in [0.29, 0.717) is 13.0 Å². The van der Waals surface area contributed by atoms with Crippen LogP contribution in [0.25, 0.3) is 0 Å². The minimum absolute atomic E-state index is 0.0768. The summed E-state index contributed by atoms with van der Waals surface area (Å²) in [5.74, 6) is 0.160. The zero-order chi connectivity index (χ0) is 17.3. The van der Waals surface area contributed by atoms with Gasteiger partial charge >= 0.3 is 0 Å². The molecule has 0 aromatic rings. The van der Waals surface area contributed by atoms with Crippen LogP contribution < -0.4 is 0 Å². The Labute approximate surface area is 147 Å². The van der Waals surface area contributed by atoms with Gasteiger partial charge in [0.2, 0.25) is 0 Å². The summed E-state index contributed by atoms with van der Waals surface area (Å²) in [7, 11) is 0. The Hall–Kier alpha value is -1.56. The van der Waals surface area contributed by atoms with Gasteiger partial charge in [0.05, 0.1) is 24.7 Å². The first-order valence-electron chi connectivity index (χ1n) is 9.13. The van der Waals surface area contributed by atoms with E-state index in [0.717, 1.165) is 44.3 Å². The van der Waals surface area contributed by atoms with Crippen LogP contribution in [0.1, 0.15) is 25.7 Å². The fourth-order valence-corrected chi connectivity index (χ4v) is 4.55. The molecule has 5 heteroatoms. The Morgan fingerprint density at radius 3 is 2.96 bits per heavy atom. The van der Waals surface area contributed by atoms with E-state index < -0.39 is 5.60 Å². The van der Waals surface area contributed by atoms with Crippen LogP contribution in [0.2, 0.25) is 0 Å². The maximum atomic E-state index is 12.6. The molecule has 0 saturated carbocycles. The molecule has 0 radical (unpaired) electrons. The molecule has 2 fully saturated rings. The van der Waals surface area contributed by atoms with Crippen molar-refractivity contribution in [3.05, 3.63) is 36.0 Å². The number of ether oxygens (including phenoxy) is 3. The van der Waals surface area contributed by atoms with Gasteiger partial charge in [0, 0.05) is 25.6 Å². The summed E-state index contributed by atoms with van der Waals surface area (Å²) in [5.41, 5.74) is 0.436. The molecule has 4 rings (SSSR count). The van der Waals surface area contributed by atoms with Crippen molar-refractivity contribution < 1.29 is 23.8 Å². The molecule has 4 atom stereocenters. The summed E-state index contributed by atoms with van der Waals surface area (Å²) in [6.07, 6.45) is 13.1. The number of carbonyl (C=O) groups excluding carboxylic acids is 2. The summed E-state index contributed by atoms with van der Waals surface area (Å²) in [6, 6.07) is 0. The van der Waals surface area contributed by atoms with Crippen LogP contribution in [0, 0.1) is 11.8 Å². The lowest BCUT2D eigenvalue weighted by molar-refractivity contribution is -0.125. The summed E-state index contributed by atoms with van der Waals surface area (Å²) in [4.78, 5) is 23.4. The van der Waals surface area contributed by atoms with E-state index >= 15 is 0 Å². The lowest BCUT2D eigenvalue weighted by atomic mass is 9.74. The number of hydrogen-bond acceptors (Lipinski definition) is 5. The molecule has 0 N–H and O–H groups in total. The van der Waals surface area contributed by atoms with E-state index in [2.05, 4.69) is 6.08 Å². The number of Topliss-reactive ketones (excluding diaryl/α,β-unsaturated/α-hetero) is 1. The molecule has 2 aliphatic carbocycles. The van der Waals surface area contributed by atoms with E-state index in [-0.39, 0.29) is 29.8 Å². The molecule has 2 heterocycles. The number of ketones is 1.